The molecule has 0 aliphatic rings. The van der Waals surface area contributed by atoms with Crippen molar-refractivity contribution in [2.45, 2.75) is 10.8 Å². The molecule has 19 heavy (non-hydrogen) atoms. The van der Waals surface area contributed by atoms with E-state index in [1.165, 1.54) is 30.0 Å². The normalized spacial score (nSPS) is 10.1. The van der Waals surface area contributed by atoms with E-state index < -0.39 is 11.8 Å². The highest BCUT2D eigenvalue weighted by Crippen LogP contribution is 2.26. The van der Waals surface area contributed by atoms with E-state index in [0.29, 0.717) is 10.7 Å². The quantitative estimate of drug-likeness (QED) is 0.868. The minimum atomic E-state index is -1.15. The number of benzene rings is 1. The molecule has 1 aromatic carbocycles. The third-order valence-electron chi connectivity index (χ3n) is 2.36. The molecule has 0 aliphatic carbocycles. The highest BCUT2D eigenvalue weighted by Gasteiger charge is 2.11. The zero-order chi connectivity index (χ0) is 13.8. The summed E-state index contributed by atoms with van der Waals surface area (Å²) >= 11 is 1.17. The van der Waals surface area contributed by atoms with E-state index in [1.807, 2.05) is 0 Å². The Morgan fingerprint density at radius 3 is 2.84 bits per heavy atom. The molecule has 1 aromatic heterocycles. The van der Waals surface area contributed by atoms with Crippen LogP contribution in [0.5, 0.6) is 0 Å². The highest BCUT2D eigenvalue weighted by molar-refractivity contribution is 7.98. The summed E-state index contributed by atoms with van der Waals surface area (Å²) in [4.78, 5) is 10.6. The number of rotatable bonds is 4. The van der Waals surface area contributed by atoms with Gasteiger partial charge in [-0.2, -0.15) is 5.26 Å². The van der Waals surface area contributed by atoms with E-state index in [1.54, 1.807) is 18.2 Å². The van der Waals surface area contributed by atoms with E-state index in [0.717, 1.165) is 0 Å². The Hall–Kier alpha value is -2.26. The lowest BCUT2D eigenvalue weighted by molar-refractivity contribution is 0.0656. The molecule has 0 bridgehead atoms. The third-order valence-corrected chi connectivity index (χ3v) is 3.32. The Labute approximate surface area is 112 Å². The Kier molecular flexibility index (Phi) is 3.88. The van der Waals surface area contributed by atoms with Crippen LogP contribution in [-0.4, -0.2) is 11.1 Å². The van der Waals surface area contributed by atoms with Crippen molar-refractivity contribution in [2.75, 3.05) is 0 Å². The lowest BCUT2D eigenvalue weighted by Crippen LogP contribution is -1.92. The number of aromatic carboxylic acids is 1. The van der Waals surface area contributed by atoms with Gasteiger partial charge >= 0.3 is 5.97 Å². The van der Waals surface area contributed by atoms with Crippen molar-refractivity contribution in [3.05, 3.63) is 53.0 Å². The molecular weight excluding hydrogens is 269 g/mol. The molecule has 6 heteroatoms. The van der Waals surface area contributed by atoms with Gasteiger partial charge in [0.05, 0.1) is 5.56 Å². The maximum Gasteiger partial charge on any atom is 0.371 e. The summed E-state index contributed by atoms with van der Waals surface area (Å²) in [6.45, 7) is 0. The van der Waals surface area contributed by atoms with Crippen molar-refractivity contribution in [3.63, 3.8) is 0 Å². The van der Waals surface area contributed by atoms with E-state index >= 15 is 0 Å². The maximum atomic E-state index is 13.7. The summed E-state index contributed by atoms with van der Waals surface area (Å²) < 4.78 is 18.8. The molecule has 96 valence electrons. The smallest absolute Gasteiger partial charge is 0.371 e. The largest absolute Gasteiger partial charge is 0.475 e. The van der Waals surface area contributed by atoms with Crippen molar-refractivity contribution in [3.8, 4) is 6.07 Å². The van der Waals surface area contributed by atoms with Crippen molar-refractivity contribution < 1.29 is 18.7 Å². The number of carboxylic acids is 1. The Morgan fingerprint density at radius 2 is 2.21 bits per heavy atom. The third kappa shape index (κ3) is 2.95. The topological polar surface area (TPSA) is 74.2 Å². The molecule has 2 rings (SSSR count). The standard InChI is InChI=1S/C13H8FNO3S/c14-12-8(6-15)2-1-3-9(12)7-19-11-5-4-10(18-11)13(16)17/h1-5H,7H2,(H,16,17). The fourth-order valence-electron chi connectivity index (χ4n) is 1.44. The zero-order valence-electron chi connectivity index (χ0n) is 9.59. The van der Waals surface area contributed by atoms with Gasteiger partial charge in [-0.3, -0.25) is 0 Å². The van der Waals surface area contributed by atoms with Crippen molar-refractivity contribution >= 4 is 17.7 Å². The first-order chi connectivity index (χ1) is 9.11. The number of hydrogen-bond acceptors (Lipinski definition) is 4. The molecule has 0 saturated carbocycles. The zero-order valence-corrected chi connectivity index (χ0v) is 10.4. The van der Waals surface area contributed by atoms with Crippen LogP contribution in [0.2, 0.25) is 0 Å². The minimum Gasteiger partial charge on any atom is -0.475 e. The van der Waals surface area contributed by atoms with Crippen molar-refractivity contribution in [2.24, 2.45) is 0 Å². The van der Waals surface area contributed by atoms with Crippen LogP contribution in [0.4, 0.5) is 4.39 Å². The Balaban J connectivity index is 2.10. The Bertz CT molecular complexity index is 660. The number of nitrogens with zero attached hydrogens (tertiary/aromatic N) is 1. The lowest BCUT2D eigenvalue weighted by Gasteiger charge is -2.02. The van der Waals surface area contributed by atoms with Gasteiger partial charge in [0.25, 0.3) is 0 Å². The van der Waals surface area contributed by atoms with Gasteiger partial charge in [0.1, 0.15) is 11.9 Å². The number of nitriles is 1. The summed E-state index contributed by atoms with van der Waals surface area (Å²) in [5.74, 6) is -1.60. The van der Waals surface area contributed by atoms with Gasteiger partial charge < -0.3 is 9.52 Å². The summed E-state index contributed by atoms with van der Waals surface area (Å²) in [5, 5.41) is 17.8. The number of hydrogen-bond donors (Lipinski definition) is 1. The van der Waals surface area contributed by atoms with E-state index in [2.05, 4.69) is 0 Å². The van der Waals surface area contributed by atoms with Crippen LogP contribution in [0, 0.1) is 17.1 Å². The van der Waals surface area contributed by atoms with Crippen LogP contribution >= 0.6 is 11.8 Å². The van der Waals surface area contributed by atoms with Crippen LogP contribution < -0.4 is 0 Å². The van der Waals surface area contributed by atoms with Crippen molar-refractivity contribution in [1.82, 2.24) is 0 Å². The van der Waals surface area contributed by atoms with Crippen LogP contribution in [0.15, 0.2) is 39.8 Å². The average Bonchev–Trinajstić information content (AvgIpc) is 2.86. The van der Waals surface area contributed by atoms with Crippen LogP contribution in [0.1, 0.15) is 21.7 Å². The fourth-order valence-corrected chi connectivity index (χ4v) is 2.27. The molecule has 0 amide bonds. The first-order valence-corrected chi connectivity index (χ1v) is 6.24. The summed E-state index contributed by atoms with van der Waals surface area (Å²) in [5.41, 5.74) is 0.362. The van der Waals surface area contributed by atoms with Gasteiger partial charge in [-0.1, -0.05) is 23.9 Å². The number of thioether (sulfide) groups is 1. The summed E-state index contributed by atoms with van der Waals surface area (Å²) in [6, 6.07) is 9.20. The van der Waals surface area contributed by atoms with Crippen LogP contribution in [0.25, 0.3) is 0 Å². The molecular formula is C13H8FNO3S. The maximum absolute atomic E-state index is 13.7. The van der Waals surface area contributed by atoms with Gasteiger partial charge in [0.15, 0.2) is 5.09 Å². The summed E-state index contributed by atoms with van der Waals surface area (Å²) in [6.07, 6.45) is 0. The first-order valence-electron chi connectivity index (χ1n) is 5.25. The van der Waals surface area contributed by atoms with Gasteiger partial charge in [0.2, 0.25) is 5.76 Å². The second-order valence-electron chi connectivity index (χ2n) is 3.60. The van der Waals surface area contributed by atoms with Crippen molar-refractivity contribution in [1.29, 1.82) is 5.26 Å². The molecule has 4 nitrogen and oxygen atoms in total. The summed E-state index contributed by atoms with van der Waals surface area (Å²) in [7, 11) is 0. The van der Waals surface area contributed by atoms with E-state index in [4.69, 9.17) is 14.8 Å². The van der Waals surface area contributed by atoms with Gasteiger partial charge in [-0.15, -0.1) is 0 Å². The number of furan rings is 1. The molecule has 0 radical (unpaired) electrons. The Morgan fingerprint density at radius 1 is 1.42 bits per heavy atom. The molecule has 1 heterocycles. The molecule has 2 aromatic rings. The van der Waals surface area contributed by atoms with Gasteiger partial charge in [-0.25, -0.2) is 9.18 Å². The van der Waals surface area contributed by atoms with Crippen LogP contribution in [-0.2, 0) is 5.75 Å². The minimum absolute atomic E-state index is 0.0104. The first kappa shape index (κ1) is 13.2. The fraction of sp³-hybridized carbons (Fsp3) is 0.0769. The van der Waals surface area contributed by atoms with Crippen LogP contribution in [0.3, 0.4) is 0 Å². The second-order valence-corrected chi connectivity index (χ2v) is 4.58. The van der Waals surface area contributed by atoms with E-state index in [9.17, 15) is 9.18 Å². The molecule has 0 atom stereocenters. The molecule has 0 unspecified atom stereocenters. The average molecular weight is 277 g/mol. The SMILES string of the molecule is N#Cc1cccc(CSc2ccc(C(=O)O)o2)c1F. The molecule has 1 N–H and O–H groups in total. The number of halogens is 1. The predicted molar refractivity (Wildman–Crippen MR) is 66.3 cm³/mol. The van der Waals surface area contributed by atoms with Gasteiger partial charge in [-0.05, 0) is 23.8 Å². The molecule has 0 fully saturated rings. The number of carboxylic acid groups (broad SMARTS) is 1. The lowest BCUT2D eigenvalue weighted by atomic mass is 10.1. The monoisotopic (exact) mass is 277 g/mol. The van der Waals surface area contributed by atoms with E-state index in [-0.39, 0.29) is 17.1 Å². The predicted octanol–water partition coefficient (Wildman–Crippen LogP) is 3.28. The molecule has 0 spiro atoms. The molecule has 0 aliphatic heterocycles. The molecule has 0 saturated heterocycles. The highest BCUT2D eigenvalue weighted by atomic mass is 32.2. The number of carbonyl (C=O) groups is 1. The second kappa shape index (κ2) is 5.59. The van der Waals surface area contributed by atoms with Gasteiger partial charge in [0, 0.05) is 5.75 Å².